The van der Waals surface area contributed by atoms with E-state index in [0.29, 0.717) is 30.4 Å². The third-order valence-corrected chi connectivity index (χ3v) is 3.85. The molecule has 0 unspecified atom stereocenters. The van der Waals surface area contributed by atoms with Gasteiger partial charge in [-0.3, -0.25) is 9.59 Å². The highest BCUT2D eigenvalue weighted by Crippen LogP contribution is 2.36. The molecule has 0 radical (unpaired) electrons. The van der Waals surface area contributed by atoms with E-state index >= 15 is 0 Å². The molecule has 2 N–H and O–H groups in total. The average Bonchev–Trinajstić information content (AvgIpc) is 2.58. The number of phenols is 1. The van der Waals surface area contributed by atoms with Crippen LogP contribution in [0.1, 0.15) is 21.5 Å². The van der Waals surface area contributed by atoms with Crippen molar-refractivity contribution >= 4 is 23.2 Å². The molecule has 2 aromatic rings. The van der Waals surface area contributed by atoms with E-state index in [1.807, 2.05) is 0 Å². The van der Waals surface area contributed by atoms with Crippen LogP contribution in [-0.4, -0.2) is 44.7 Å². The number of aryl methyl sites for hydroxylation is 1. The number of carbonyl (C=O) groups excluding carboxylic acids is 2. The highest BCUT2D eigenvalue weighted by molar-refractivity contribution is 6.00. The molecular weight excluding hydrogens is 330 g/mol. The lowest BCUT2D eigenvalue weighted by Crippen LogP contribution is -2.30. The van der Waals surface area contributed by atoms with Gasteiger partial charge in [0, 0.05) is 19.0 Å². The zero-order chi connectivity index (χ0) is 18.6. The molecule has 134 valence electrons. The summed E-state index contributed by atoms with van der Waals surface area (Å²) in [4.78, 5) is 35.5. The molecule has 1 heterocycles. The van der Waals surface area contributed by atoms with Crippen molar-refractivity contribution in [1.82, 2.24) is 5.32 Å². The van der Waals surface area contributed by atoms with Crippen LogP contribution in [0.15, 0.2) is 15.3 Å². The molecule has 1 aromatic heterocycles. The Bertz CT molecular complexity index is 870. The Balaban J connectivity index is 2.54. The lowest BCUT2D eigenvalue weighted by molar-refractivity contribution is -0.120. The molecule has 1 amide bonds. The van der Waals surface area contributed by atoms with E-state index in [1.165, 1.54) is 20.3 Å². The van der Waals surface area contributed by atoms with Gasteiger partial charge in [-0.25, -0.2) is 4.79 Å². The molecular formula is C17H19NO7. The Morgan fingerprint density at radius 3 is 2.72 bits per heavy atom. The topological polar surface area (TPSA) is 115 Å². The zero-order valence-electron chi connectivity index (χ0n) is 14.2. The van der Waals surface area contributed by atoms with Gasteiger partial charge in [0.1, 0.15) is 5.56 Å². The number of carbonyl (C=O) groups is 2. The van der Waals surface area contributed by atoms with Crippen LogP contribution < -0.4 is 15.7 Å². The monoisotopic (exact) mass is 349 g/mol. The molecule has 1 aromatic carbocycles. The Hall–Kier alpha value is -2.87. The Kier molecular flexibility index (Phi) is 5.76. The minimum Gasteiger partial charge on any atom is -0.504 e. The molecule has 0 aliphatic rings. The molecule has 0 saturated carbocycles. The highest BCUT2D eigenvalue weighted by Gasteiger charge is 2.21. The quantitative estimate of drug-likeness (QED) is 0.434. The Labute approximate surface area is 143 Å². The lowest BCUT2D eigenvalue weighted by Gasteiger charge is -2.12. The third-order valence-electron chi connectivity index (χ3n) is 3.85. The second kappa shape index (κ2) is 7.80. The number of hydrogen-bond donors (Lipinski definition) is 2. The maximum absolute atomic E-state index is 12.3. The third kappa shape index (κ3) is 3.63. The molecule has 0 fully saturated rings. The second-order valence-electron chi connectivity index (χ2n) is 5.35. The van der Waals surface area contributed by atoms with E-state index in [0.717, 1.165) is 0 Å². The summed E-state index contributed by atoms with van der Waals surface area (Å²) in [5.74, 6) is -0.687. The number of amides is 1. The minimum atomic E-state index is -0.737. The number of rotatable bonds is 7. The molecule has 0 spiro atoms. The van der Waals surface area contributed by atoms with Crippen molar-refractivity contribution in [1.29, 1.82) is 0 Å². The van der Waals surface area contributed by atoms with E-state index in [4.69, 9.17) is 13.9 Å². The van der Waals surface area contributed by atoms with E-state index in [2.05, 4.69) is 5.32 Å². The summed E-state index contributed by atoms with van der Waals surface area (Å²) < 4.78 is 15.1. The zero-order valence-corrected chi connectivity index (χ0v) is 14.2. The van der Waals surface area contributed by atoms with Gasteiger partial charge in [0.05, 0.1) is 25.7 Å². The predicted molar refractivity (Wildman–Crippen MR) is 89.4 cm³/mol. The van der Waals surface area contributed by atoms with Gasteiger partial charge in [-0.2, -0.15) is 0 Å². The molecule has 8 nitrogen and oxygen atoms in total. The first kappa shape index (κ1) is 18.5. The van der Waals surface area contributed by atoms with Crippen LogP contribution in [-0.2, 0) is 16.0 Å². The van der Waals surface area contributed by atoms with Crippen LogP contribution in [0.4, 0.5) is 0 Å². The molecule has 2 rings (SSSR count). The lowest BCUT2D eigenvalue weighted by atomic mass is 10.0. The van der Waals surface area contributed by atoms with Crippen molar-refractivity contribution in [2.75, 3.05) is 27.4 Å². The summed E-state index contributed by atoms with van der Waals surface area (Å²) in [7, 11) is 2.86. The van der Waals surface area contributed by atoms with Gasteiger partial charge in [-0.15, -0.1) is 0 Å². The smallest absolute Gasteiger partial charge is 0.340 e. The number of aldehydes is 1. The maximum atomic E-state index is 12.3. The SMILES string of the molecule is COCCNC(=O)Cc1c(C)c2cc(OC)c(O)c(C=O)c2oc1=O. The maximum Gasteiger partial charge on any atom is 0.340 e. The first-order chi connectivity index (χ1) is 11.9. The summed E-state index contributed by atoms with van der Waals surface area (Å²) in [6.07, 6.45) is 0.215. The van der Waals surface area contributed by atoms with Crippen molar-refractivity contribution in [3.63, 3.8) is 0 Å². The fourth-order valence-electron chi connectivity index (χ4n) is 2.49. The highest BCUT2D eigenvalue weighted by atomic mass is 16.5. The Morgan fingerprint density at radius 1 is 1.40 bits per heavy atom. The molecule has 8 heteroatoms. The molecule has 0 atom stereocenters. The minimum absolute atomic E-state index is 0.0423. The summed E-state index contributed by atoms with van der Waals surface area (Å²) in [6.45, 7) is 2.32. The van der Waals surface area contributed by atoms with Gasteiger partial charge >= 0.3 is 5.63 Å². The molecule has 0 aliphatic heterocycles. The summed E-state index contributed by atoms with van der Waals surface area (Å²) in [6, 6.07) is 1.46. The number of hydrogen-bond acceptors (Lipinski definition) is 7. The fraction of sp³-hybridized carbons (Fsp3) is 0.353. The standard InChI is InChI=1S/C17H19NO7/c1-9-10-6-13(24-3)15(21)12(8-19)16(10)25-17(22)11(9)7-14(20)18-4-5-23-2/h6,8,21H,4-5,7H2,1-3H3,(H,18,20). The van der Waals surface area contributed by atoms with Gasteiger partial charge < -0.3 is 24.3 Å². The van der Waals surface area contributed by atoms with Crippen LogP contribution in [0.5, 0.6) is 11.5 Å². The fourth-order valence-corrected chi connectivity index (χ4v) is 2.49. The number of nitrogens with one attached hydrogen (secondary N) is 1. The van der Waals surface area contributed by atoms with Crippen molar-refractivity contribution in [2.45, 2.75) is 13.3 Å². The van der Waals surface area contributed by atoms with Gasteiger partial charge in [0.2, 0.25) is 5.91 Å². The normalized spacial score (nSPS) is 10.7. The number of ether oxygens (including phenoxy) is 2. The first-order valence-corrected chi connectivity index (χ1v) is 7.51. The number of fused-ring (bicyclic) bond motifs is 1. The Morgan fingerprint density at radius 2 is 2.12 bits per heavy atom. The van der Waals surface area contributed by atoms with Crippen LogP contribution in [0.25, 0.3) is 11.0 Å². The van der Waals surface area contributed by atoms with Gasteiger partial charge in [-0.05, 0) is 18.6 Å². The van der Waals surface area contributed by atoms with Crippen molar-refractivity contribution < 1.29 is 28.6 Å². The van der Waals surface area contributed by atoms with Crippen LogP contribution in [0.2, 0.25) is 0 Å². The summed E-state index contributed by atoms with van der Waals surface area (Å²) in [5, 5.41) is 13.0. The van der Waals surface area contributed by atoms with E-state index in [9.17, 15) is 19.5 Å². The molecule has 0 saturated heterocycles. The van der Waals surface area contributed by atoms with E-state index < -0.39 is 11.4 Å². The largest absolute Gasteiger partial charge is 0.504 e. The number of aromatic hydroxyl groups is 1. The van der Waals surface area contributed by atoms with Gasteiger partial charge in [0.25, 0.3) is 0 Å². The molecule has 0 aliphatic carbocycles. The summed E-state index contributed by atoms with van der Waals surface area (Å²) >= 11 is 0. The van der Waals surface area contributed by atoms with Gasteiger partial charge in [0.15, 0.2) is 23.4 Å². The first-order valence-electron chi connectivity index (χ1n) is 7.51. The average molecular weight is 349 g/mol. The molecule has 0 bridgehead atoms. The van der Waals surface area contributed by atoms with E-state index in [1.54, 1.807) is 6.92 Å². The van der Waals surface area contributed by atoms with Crippen molar-refractivity contribution in [3.05, 3.63) is 33.2 Å². The predicted octanol–water partition coefficient (Wildman–Crippen LogP) is 0.933. The van der Waals surface area contributed by atoms with Gasteiger partial charge in [-0.1, -0.05) is 0 Å². The second-order valence-corrected chi connectivity index (χ2v) is 5.35. The van der Waals surface area contributed by atoms with Crippen LogP contribution >= 0.6 is 0 Å². The summed E-state index contributed by atoms with van der Waals surface area (Å²) in [5.41, 5.74) is -0.300. The van der Waals surface area contributed by atoms with Crippen molar-refractivity contribution in [2.24, 2.45) is 0 Å². The van der Waals surface area contributed by atoms with Crippen LogP contribution in [0.3, 0.4) is 0 Å². The number of benzene rings is 1. The van der Waals surface area contributed by atoms with Crippen molar-refractivity contribution in [3.8, 4) is 11.5 Å². The number of phenolic OH excluding ortho intramolecular Hbond substituents is 1. The van der Waals surface area contributed by atoms with Crippen LogP contribution in [0, 0.1) is 6.92 Å². The number of methoxy groups -OCH3 is 2. The molecule has 25 heavy (non-hydrogen) atoms. The van der Waals surface area contributed by atoms with E-state index in [-0.39, 0.29) is 34.8 Å².